The molecule has 4 nitrogen and oxygen atoms in total. The van der Waals surface area contributed by atoms with Gasteiger partial charge in [-0.15, -0.1) is 0 Å². The Bertz CT molecular complexity index is 1220. The number of esters is 1. The first-order valence-corrected chi connectivity index (χ1v) is 11.3. The lowest BCUT2D eigenvalue weighted by Gasteiger charge is -2.38. The second kappa shape index (κ2) is 7.13. The lowest BCUT2D eigenvalue weighted by atomic mass is 9.75. The second-order valence-corrected chi connectivity index (χ2v) is 9.53. The molecule has 2 aliphatic heterocycles. The van der Waals surface area contributed by atoms with Gasteiger partial charge in [0.2, 0.25) is 0 Å². The van der Waals surface area contributed by atoms with Crippen molar-refractivity contribution in [3.8, 4) is 11.5 Å². The molecule has 1 atom stereocenters. The van der Waals surface area contributed by atoms with Crippen LogP contribution in [0.25, 0.3) is 0 Å². The van der Waals surface area contributed by atoms with Crippen molar-refractivity contribution in [3.05, 3.63) is 88.5 Å². The van der Waals surface area contributed by atoms with Gasteiger partial charge in [-0.1, -0.05) is 45.0 Å². The molecule has 164 valence electrons. The van der Waals surface area contributed by atoms with E-state index in [0.717, 1.165) is 47.0 Å². The molecule has 5 rings (SSSR count). The van der Waals surface area contributed by atoms with Crippen molar-refractivity contribution in [2.45, 2.75) is 45.6 Å². The smallest absolute Gasteiger partial charge is 0.340 e. The lowest BCUT2D eigenvalue weighted by molar-refractivity contribution is 0.0224. The Labute approximate surface area is 189 Å². The van der Waals surface area contributed by atoms with Gasteiger partial charge in [0.15, 0.2) is 5.60 Å². The molecule has 1 spiro atoms. The molecule has 3 aromatic rings. The van der Waals surface area contributed by atoms with Gasteiger partial charge in [-0.2, -0.15) is 0 Å². The van der Waals surface area contributed by atoms with Crippen molar-refractivity contribution in [2.75, 3.05) is 18.0 Å². The highest BCUT2D eigenvalue weighted by atomic mass is 16.6. The number of hydrogen-bond donors (Lipinski definition) is 0. The number of nitrogens with zero attached hydrogens (tertiary/aromatic N) is 1. The number of fused-ring (bicyclic) bond motifs is 6. The third-order valence-electron chi connectivity index (χ3n) is 6.69. The first-order chi connectivity index (χ1) is 15.3. The summed E-state index contributed by atoms with van der Waals surface area (Å²) < 4.78 is 12.7. The van der Waals surface area contributed by atoms with Crippen LogP contribution in [0.3, 0.4) is 0 Å². The summed E-state index contributed by atoms with van der Waals surface area (Å²) in [6.07, 6.45) is 0. The van der Waals surface area contributed by atoms with E-state index in [9.17, 15) is 4.79 Å². The molecular formula is C28H29NO3. The molecule has 0 bridgehead atoms. The number of hydrogen-bond acceptors (Lipinski definition) is 4. The van der Waals surface area contributed by atoms with E-state index in [1.165, 1.54) is 5.56 Å². The Morgan fingerprint density at radius 2 is 1.59 bits per heavy atom. The first-order valence-electron chi connectivity index (χ1n) is 11.3. The van der Waals surface area contributed by atoms with E-state index >= 15 is 0 Å². The fourth-order valence-corrected chi connectivity index (χ4v) is 4.91. The van der Waals surface area contributed by atoms with Gasteiger partial charge < -0.3 is 14.4 Å². The largest absolute Gasteiger partial charge is 0.456 e. The highest BCUT2D eigenvalue weighted by Gasteiger charge is 2.53. The van der Waals surface area contributed by atoms with Crippen molar-refractivity contribution < 1.29 is 14.3 Å². The first kappa shape index (κ1) is 20.6. The summed E-state index contributed by atoms with van der Waals surface area (Å²) in [5, 5.41) is 0. The molecule has 0 saturated heterocycles. The second-order valence-electron chi connectivity index (χ2n) is 9.53. The molecule has 0 saturated carbocycles. The molecule has 0 amide bonds. The van der Waals surface area contributed by atoms with Gasteiger partial charge in [0.05, 0.1) is 5.56 Å². The Kier molecular flexibility index (Phi) is 4.59. The maximum Gasteiger partial charge on any atom is 0.340 e. The van der Waals surface area contributed by atoms with Gasteiger partial charge in [0.25, 0.3) is 0 Å². The molecule has 0 aromatic heterocycles. The normalized spacial score (nSPS) is 18.5. The maximum absolute atomic E-state index is 13.0. The molecule has 2 aliphatic rings. The van der Waals surface area contributed by atoms with Crippen LogP contribution in [0, 0.1) is 0 Å². The summed E-state index contributed by atoms with van der Waals surface area (Å²) in [6, 6.07) is 20.2. The van der Waals surface area contributed by atoms with Crippen LogP contribution in [0.4, 0.5) is 5.69 Å². The highest BCUT2D eigenvalue weighted by molar-refractivity contribution is 5.97. The van der Waals surface area contributed by atoms with Gasteiger partial charge >= 0.3 is 5.97 Å². The summed E-state index contributed by atoms with van der Waals surface area (Å²) in [5.74, 6) is 1.16. The van der Waals surface area contributed by atoms with E-state index in [0.29, 0.717) is 5.56 Å². The van der Waals surface area contributed by atoms with Crippen LogP contribution in [0.1, 0.15) is 67.2 Å². The molecule has 1 unspecified atom stereocenters. The predicted molar refractivity (Wildman–Crippen MR) is 127 cm³/mol. The van der Waals surface area contributed by atoms with Crippen LogP contribution in [0.15, 0.2) is 60.7 Å². The number of carbonyl (C=O) groups excluding carboxylic acids is 1. The standard InChI is InChI=1S/C28H29NO3/c1-6-29(7-2)19-13-14-22-25(17-19)31-24-15-12-18(27(3,4)5)16-23(24)28(22)21-11-9-8-10-20(21)26(30)32-28/h8-17H,6-7H2,1-5H3. The van der Waals surface area contributed by atoms with Gasteiger partial charge in [0.1, 0.15) is 11.5 Å². The molecule has 3 aromatic carbocycles. The van der Waals surface area contributed by atoms with Gasteiger partial charge in [0, 0.05) is 41.5 Å². The van der Waals surface area contributed by atoms with Crippen LogP contribution in [0.5, 0.6) is 11.5 Å². The van der Waals surface area contributed by atoms with Crippen molar-refractivity contribution in [1.29, 1.82) is 0 Å². The molecule has 0 radical (unpaired) electrons. The van der Waals surface area contributed by atoms with Crippen LogP contribution >= 0.6 is 0 Å². The SMILES string of the molecule is CCN(CC)c1ccc2c(c1)Oc1ccc(C(C)(C)C)cc1C21OC(=O)c2ccccc21. The van der Waals surface area contributed by atoms with E-state index in [2.05, 4.69) is 69.9 Å². The fraction of sp³-hybridized carbons (Fsp3) is 0.321. The Hall–Kier alpha value is -3.27. The van der Waals surface area contributed by atoms with Crippen molar-refractivity contribution >= 4 is 11.7 Å². The zero-order valence-corrected chi connectivity index (χ0v) is 19.4. The minimum atomic E-state index is -1.01. The minimum absolute atomic E-state index is 0.0504. The summed E-state index contributed by atoms with van der Waals surface area (Å²) in [6.45, 7) is 12.7. The summed E-state index contributed by atoms with van der Waals surface area (Å²) in [5.41, 5.74) is 4.43. The van der Waals surface area contributed by atoms with Crippen LogP contribution in [-0.2, 0) is 15.8 Å². The summed E-state index contributed by atoms with van der Waals surface area (Å²) in [4.78, 5) is 15.3. The van der Waals surface area contributed by atoms with E-state index < -0.39 is 5.60 Å². The third kappa shape index (κ3) is 2.85. The average Bonchev–Trinajstić information content (AvgIpc) is 3.07. The number of carbonyl (C=O) groups is 1. The fourth-order valence-electron chi connectivity index (χ4n) is 4.91. The number of benzene rings is 3. The molecule has 2 heterocycles. The Morgan fingerprint density at radius 1 is 0.844 bits per heavy atom. The molecule has 0 fully saturated rings. The Morgan fingerprint density at radius 3 is 2.31 bits per heavy atom. The highest BCUT2D eigenvalue weighted by Crippen LogP contribution is 2.57. The summed E-state index contributed by atoms with van der Waals surface area (Å²) >= 11 is 0. The van der Waals surface area contributed by atoms with Crippen molar-refractivity contribution in [1.82, 2.24) is 0 Å². The quantitative estimate of drug-likeness (QED) is 0.454. The van der Waals surface area contributed by atoms with Crippen LogP contribution in [0.2, 0.25) is 0 Å². The van der Waals surface area contributed by atoms with E-state index in [1.54, 1.807) is 0 Å². The zero-order chi connectivity index (χ0) is 22.7. The lowest BCUT2D eigenvalue weighted by Crippen LogP contribution is -2.34. The number of ether oxygens (including phenoxy) is 2. The number of rotatable bonds is 3. The van der Waals surface area contributed by atoms with Gasteiger partial charge in [-0.3, -0.25) is 0 Å². The maximum atomic E-state index is 13.0. The zero-order valence-electron chi connectivity index (χ0n) is 19.4. The third-order valence-corrected chi connectivity index (χ3v) is 6.69. The van der Waals surface area contributed by atoms with Gasteiger partial charge in [-0.05, 0) is 55.2 Å². The molecule has 0 aliphatic carbocycles. The molecule has 0 N–H and O–H groups in total. The van der Waals surface area contributed by atoms with Crippen LogP contribution < -0.4 is 9.64 Å². The predicted octanol–water partition coefficient (Wildman–Crippen LogP) is 6.40. The molecular weight excluding hydrogens is 398 g/mol. The minimum Gasteiger partial charge on any atom is -0.456 e. The average molecular weight is 428 g/mol. The molecule has 4 heteroatoms. The van der Waals surface area contributed by atoms with E-state index in [4.69, 9.17) is 9.47 Å². The van der Waals surface area contributed by atoms with E-state index in [-0.39, 0.29) is 11.4 Å². The van der Waals surface area contributed by atoms with Crippen molar-refractivity contribution in [3.63, 3.8) is 0 Å². The van der Waals surface area contributed by atoms with Crippen LogP contribution in [-0.4, -0.2) is 19.1 Å². The number of anilines is 1. The summed E-state index contributed by atoms with van der Waals surface area (Å²) in [7, 11) is 0. The van der Waals surface area contributed by atoms with Crippen molar-refractivity contribution in [2.24, 2.45) is 0 Å². The van der Waals surface area contributed by atoms with E-state index in [1.807, 2.05) is 30.3 Å². The monoisotopic (exact) mass is 427 g/mol. The molecule has 32 heavy (non-hydrogen) atoms. The van der Waals surface area contributed by atoms with Gasteiger partial charge in [-0.25, -0.2) is 4.79 Å². The Balaban J connectivity index is 1.81. The topological polar surface area (TPSA) is 38.8 Å².